The SMILES string of the molecule is CC1(C)OCC[C@]2(CC(O[Si](C)(C)C(C)(C)C)C[C@@H]3O[C@@]32C)O1. The van der Waals surface area contributed by atoms with Crippen LogP contribution in [0.1, 0.15) is 60.8 Å². The smallest absolute Gasteiger partial charge is 0.192 e. The molecule has 3 aliphatic rings. The molecule has 3 fully saturated rings. The fraction of sp³-hybridized carbons (Fsp3) is 1.00. The predicted octanol–water partition coefficient (Wildman–Crippen LogP) is 4.24. The lowest BCUT2D eigenvalue weighted by atomic mass is 9.72. The van der Waals surface area contributed by atoms with Gasteiger partial charge in [-0.1, -0.05) is 20.8 Å². The van der Waals surface area contributed by atoms with Crippen molar-refractivity contribution >= 4 is 8.32 Å². The molecule has 0 aromatic heterocycles. The minimum Gasteiger partial charge on any atom is -0.414 e. The van der Waals surface area contributed by atoms with Crippen molar-refractivity contribution in [3.63, 3.8) is 0 Å². The fourth-order valence-electron chi connectivity index (χ4n) is 4.02. The van der Waals surface area contributed by atoms with Gasteiger partial charge < -0.3 is 18.6 Å². The van der Waals surface area contributed by atoms with Gasteiger partial charge in [0.05, 0.1) is 18.8 Å². The van der Waals surface area contributed by atoms with Crippen molar-refractivity contribution in [1.82, 2.24) is 0 Å². The standard InChI is InChI=1S/C18H34O4Si/c1-15(2,3)23(7,8)21-13-11-14-17(6,20-14)18(12-13)9-10-19-16(4,5)22-18/h13-14H,9-12H2,1-8H3/t13?,14-,17-,18+/m0/s1. The summed E-state index contributed by atoms with van der Waals surface area (Å²) < 4.78 is 25.1. The van der Waals surface area contributed by atoms with Crippen LogP contribution in [0.2, 0.25) is 18.1 Å². The Hall–Kier alpha value is 0.0569. The maximum atomic E-state index is 6.72. The molecule has 0 bridgehead atoms. The van der Waals surface area contributed by atoms with Gasteiger partial charge in [-0.05, 0) is 38.9 Å². The number of rotatable bonds is 2. The van der Waals surface area contributed by atoms with Gasteiger partial charge in [-0.3, -0.25) is 0 Å². The highest BCUT2D eigenvalue weighted by molar-refractivity contribution is 6.74. The monoisotopic (exact) mass is 342 g/mol. The Morgan fingerprint density at radius 2 is 1.78 bits per heavy atom. The summed E-state index contributed by atoms with van der Waals surface area (Å²) in [6.07, 6.45) is 3.29. The largest absolute Gasteiger partial charge is 0.414 e. The highest BCUT2D eigenvalue weighted by atomic mass is 28.4. The molecule has 2 saturated heterocycles. The summed E-state index contributed by atoms with van der Waals surface area (Å²) in [6, 6.07) is 0. The lowest BCUT2D eigenvalue weighted by molar-refractivity contribution is -0.330. The second-order valence-corrected chi connectivity index (χ2v) is 14.5. The molecule has 23 heavy (non-hydrogen) atoms. The molecular weight excluding hydrogens is 308 g/mol. The van der Waals surface area contributed by atoms with Crippen LogP contribution < -0.4 is 0 Å². The Balaban J connectivity index is 1.80. The fourth-order valence-corrected chi connectivity index (χ4v) is 5.38. The minimum absolute atomic E-state index is 0.165. The third-order valence-electron chi connectivity index (χ3n) is 6.55. The van der Waals surface area contributed by atoms with Gasteiger partial charge in [0, 0.05) is 19.3 Å². The number of ether oxygens (including phenoxy) is 3. The first-order chi connectivity index (χ1) is 10.3. The number of hydrogen-bond donors (Lipinski definition) is 0. The van der Waals surface area contributed by atoms with E-state index in [9.17, 15) is 0 Å². The van der Waals surface area contributed by atoms with E-state index in [4.69, 9.17) is 18.6 Å². The van der Waals surface area contributed by atoms with Gasteiger partial charge in [0.15, 0.2) is 14.1 Å². The van der Waals surface area contributed by atoms with Crippen molar-refractivity contribution in [2.24, 2.45) is 0 Å². The van der Waals surface area contributed by atoms with Crippen LogP contribution in [-0.2, 0) is 18.6 Å². The summed E-state index contributed by atoms with van der Waals surface area (Å²) in [7, 11) is -1.79. The lowest BCUT2D eigenvalue weighted by Gasteiger charge is -2.51. The zero-order chi connectivity index (χ0) is 17.3. The number of fused-ring (bicyclic) bond motifs is 2. The van der Waals surface area contributed by atoms with E-state index in [0.29, 0.717) is 0 Å². The van der Waals surface area contributed by atoms with Gasteiger partial charge in [0.1, 0.15) is 11.2 Å². The van der Waals surface area contributed by atoms with Gasteiger partial charge in [-0.25, -0.2) is 0 Å². The van der Waals surface area contributed by atoms with Crippen molar-refractivity contribution in [2.75, 3.05) is 6.61 Å². The van der Waals surface area contributed by atoms with Gasteiger partial charge >= 0.3 is 0 Å². The second kappa shape index (κ2) is 5.04. The van der Waals surface area contributed by atoms with Gasteiger partial charge in [-0.15, -0.1) is 0 Å². The van der Waals surface area contributed by atoms with E-state index in [1.807, 2.05) is 13.8 Å². The van der Waals surface area contributed by atoms with E-state index in [-0.39, 0.29) is 28.4 Å². The third kappa shape index (κ3) is 2.93. The molecule has 0 radical (unpaired) electrons. The first-order valence-corrected chi connectivity index (χ1v) is 11.9. The molecule has 4 nitrogen and oxygen atoms in total. The lowest BCUT2D eigenvalue weighted by Crippen LogP contribution is -2.61. The summed E-state index contributed by atoms with van der Waals surface area (Å²) in [5, 5.41) is 0.223. The molecule has 0 amide bonds. The van der Waals surface area contributed by atoms with Crippen LogP contribution in [0.15, 0.2) is 0 Å². The van der Waals surface area contributed by atoms with Crippen molar-refractivity contribution in [3.8, 4) is 0 Å². The molecule has 5 heteroatoms. The Morgan fingerprint density at radius 3 is 2.35 bits per heavy atom. The van der Waals surface area contributed by atoms with Crippen molar-refractivity contribution in [1.29, 1.82) is 0 Å². The van der Waals surface area contributed by atoms with Crippen molar-refractivity contribution < 1.29 is 18.6 Å². The average Bonchev–Trinajstić information content (AvgIpc) is 2.98. The molecule has 0 aromatic rings. The average molecular weight is 343 g/mol. The third-order valence-corrected chi connectivity index (χ3v) is 11.1. The van der Waals surface area contributed by atoms with Crippen molar-refractivity contribution in [2.45, 2.75) is 108 Å². The summed E-state index contributed by atoms with van der Waals surface area (Å²) in [4.78, 5) is 0. The Kier molecular flexibility index (Phi) is 3.91. The second-order valence-electron chi connectivity index (χ2n) is 9.75. The van der Waals surface area contributed by atoms with Gasteiger partial charge in [0.2, 0.25) is 0 Å². The zero-order valence-corrected chi connectivity index (χ0v) is 17.1. The zero-order valence-electron chi connectivity index (χ0n) is 16.1. The first-order valence-electron chi connectivity index (χ1n) is 9.00. The molecule has 1 saturated carbocycles. The summed E-state index contributed by atoms with van der Waals surface area (Å²) in [5.74, 6) is -0.545. The van der Waals surface area contributed by atoms with Gasteiger partial charge in [-0.2, -0.15) is 0 Å². The molecule has 134 valence electrons. The van der Waals surface area contributed by atoms with Crippen LogP contribution in [0, 0.1) is 0 Å². The van der Waals surface area contributed by atoms with Crippen LogP contribution in [0.4, 0.5) is 0 Å². The van der Waals surface area contributed by atoms with E-state index >= 15 is 0 Å². The maximum Gasteiger partial charge on any atom is 0.192 e. The first kappa shape index (κ1) is 17.9. The highest BCUT2D eigenvalue weighted by Crippen LogP contribution is 2.59. The molecule has 0 N–H and O–H groups in total. The van der Waals surface area contributed by atoms with E-state index < -0.39 is 14.1 Å². The molecule has 2 aliphatic heterocycles. The Labute approximate surface area is 142 Å². The van der Waals surface area contributed by atoms with Crippen LogP contribution in [0.25, 0.3) is 0 Å². The van der Waals surface area contributed by atoms with Gasteiger partial charge in [0.25, 0.3) is 0 Å². The highest BCUT2D eigenvalue weighted by Gasteiger charge is 2.72. The minimum atomic E-state index is -1.79. The molecule has 1 aliphatic carbocycles. The normalized spacial score (nSPS) is 43.3. The predicted molar refractivity (Wildman–Crippen MR) is 93.0 cm³/mol. The molecule has 2 heterocycles. The molecule has 3 rings (SSSR count). The summed E-state index contributed by atoms with van der Waals surface area (Å²) in [5.41, 5.74) is -0.438. The maximum absolute atomic E-state index is 6.72. The Bertz CT molecular complexity index is 484. The topological polar surface area (TPSA) is 40.2 Å². The molecule has 1 unspecified atom stereocenters. The van der Waals surface area contributed by atoms with Crippen LogP contribution in [0.3, 0.4) is 0 Å². The molecule has 1 spiro atoms. The van der Waals surface area contributed by atoms with E-state index in [1.54, 1.807) is 0 Å². The van der Waals surface area contributed by atoms with E-state index in [1.165, 1.54) is 0 Å². The van der Waals surface area contributed by atoms with Crippen LogP contribution in [0.5, 0.6) is 0 Å². The van der Waals surface area contributed by atoms with Crippen LogP contribution in [-0.4, -0.2) is 44.1 Å². The van der Waals surface area contributed by atoms with E-state index in [0.717, 1.165) is 25.9 Å². The van der Waals surface area contributed by atoms with Crippen LogP contribution >= 0.6 is 0 Å². The van der Waals surface area contributed by atoms with E-state index in [2.05, 4.69) is 40.8 Å². The number of epoxide rings is 1. The summed E-state index contributed by atoms with van der Waals surface area (Å²) >= 11 is 0. The Morgan fingerprint density at radius 1 is 1.13 bits per heavy atom. The quantitative estimate of drug-likeness (QED) is 0.556. The molecular formula is C18H34O4Si. The number of hydrogen-bond acceptors (Lipinski definition) is 4. The van der Waals surface area contributed by atoms with Crippen molar-refractivity contribution in [3.05, 3.63) is 0 Å². The molecule has 0 aromatic carbocycles. The summed E-state index contributed by atoms with van der Waals surface area (Å²) in [6.45, 7) is 18.5. The molecule has 4 atom stereocenters.